The van der Waals surface area contributed by atoms with Gasteiger partial charge in [-0.25, -0.2) is 5.43 Å². The Hall–Kier alpha value is -1.84. The molecule has 102 valence electrons. The van der Waals surface area contributed by atoms with Gasteiger partial charge in [0, 0.05) is 5.71 Å². The summed E-state index contributed by atoms with van der Waals surface area (Å²) in [6.07, 6.45) is 2.37. The molecule has 2 rings (SSSR count). The Kier molecular flexibility index (Phi) is 4.20. The molecule has 1 aliphatic rings. The predicted octanol–water partition coefficient (Wildman–Crippen LogP) is 2.58. The monoisotopic (exact) mass is 260 g/mol. The number of aryl methyl sites for hydroxylation is 2. The van der Waals surface area contributed by atoms with Crippen molar-refractivity contribution in [1.29, 1.82) is 0 Å². The number of hydrogen-bond donors (Lipinski definition) is 1. The molecular weight excluding hydrogens is 240 g/mol. The molecule has 4 heteroatoms. The molecule has 0 aliphatic heterocycles. The van der Waals surface area contributed by atoms with Gasteiger partial charge < -0.3 is 4.74 Å². The van der Waals surface area contributed by atoms with Crippen molar-refractivity contribution in [3.63, 3.8) is 0 Å². The standard InChI is InChI=1S/C15H20N2O2/c1-10-4-7-14(11(2)8-10)19-9-15(18)17-16-12(3)13-5-6-13/h4,7-8,13H,5-6,9H2,1-3H3,(H,17,18)/b16-12+. The summed E-state index contributed by atoms with van der Waals surface area (Å²) in [4.78, 5) is 11.6. The number of nitrogens with zero attached hydrogens (tertiary/aromatic N) is 1. The van der Waals surface area contributed by atoms with E-state index in [9.17, 15) is 4.79 Å². The maximum Gasteiger partial charge on any atom is 0.277 e. The zero-order valence-corrected chi connectivity index (χ0v) is 11.7. The van der Waals surface area contributed by atoms with Crippen LogP contribution in [0.25, 0.3) is 0 Å². The summed E-state index contributed by atoms with van der Waals surface area (Å²) in [5, 5.41) is 4.07. The fourth-order valence-corrected chi connectivity index (χ4v) is 1.88. The van der Waals surface area contributed by atoms with E-state index in [1.807, 2.05) is 39.0 Å². The van der Waals surface area contributed by atoms with Crippen molar-refractivity contribution in [2.75, 3.05) is 6.61 Å². The van der Waals surface area contributed by atoms with E-state index in [-0.39, 0.29) is 12.5 Å². The fraction of sp³-hybridized carbons (Fsp3) is 0.467. The summed E-state index contributed by atoms with van der Waals surface area (Å²) in [5.41, 5.74) is 5.74. The van der Waals surface area contributed by atoms with Gasteiger partial charge in [-0.3, -0.25) is 4.79 Å². The Balaban J connectivity index is 1.81. The van der Waals surface area contributed by atoms with Gasteiger partial charge in [0.15, 0.2) is 6.61 Å². The van der Waals surface area contributed by atoms with Gasteiger partial charge in [0.25, 0.3) is 5.91 Å². The van der Waals surface area contributed by atoms with Gasteiger partial charge in [0.05, 0.1) is 0 Å². The molecule has 1 fully saturated rings. The van der Waals surface area contributed by atoms with Gasteiger partial charge in [0.1, 0.15) is 5.75 Å². The Morgan fingerprint density at radius 1 is 1.42 bits per heavy atom. The van der Waals surface area contributed by atoms with Crippen LogP contribution in [0.2, 0.25) is 0 Å². The second kappa shape index (κ2) is 5.87. The third-order valence-electron chi connectivity index (χ3n) is 3.21. The summed E-state index contributed by atoms with van der Waals surface area (Å²) < 4.78 is 5.48. The molecule has 1 aromatic carbocycles. The number of rotatable bonds is 5. The van der Waals surface area contributed by atoms with E-state index in [0.29, 0.717) is 5.92 Å². The van der Waals surface area contributed by atoms with Crippen LogP contribution in [0.4, 0.5) is 0 Å². The lowest BCUT2D eigenvalue weighted by Gasteiger charge is -2.09. The molecule has 0 heterocycles. The van der Waals surface area contributed by atoms with Crippen LogP contribution in [-0.4, -0.2) is 18.2 Å². The van der Waals surface area contributed by atoms with Crippen molar-refractivity contribution in [3.05, 3.63) is 29.3 Å². The highest BCUT2D eigenvalue weighted by molar-refractivity contribution is 5.88. The zero-order chi connectivity index (χ0) is 13.8. The number of nitrogens with one attached hydrogen (secondary N) is 1. The summed E-state index contributed by atoms with van der Waals surface area (Å²) >= 11 is 0. The lowest BCUT2D eigenvalue weighted by molar-refractivity contribution is -0.123. The third kappa shape index (κ3) is 4.09. The molecule has 19 heavy (non-hydrogen) atoms. The number of carbonyl (C=O) groups excluding carboxylic acids is 1. The topological polar surface area (TPSA) is 50.7 Å². The Morgan fingerprint density at radius 2 is 2.16 bits per heavy atom. The zero-order valence-electron chi connectivity index (χ0n) is 11.7. The number of hydrazone groups is 1. The summed E-state index contributed by atoms with van der Waals surface area (Å²) in [6.45, 7) is 5.93. The molecule has 1 N–H and O–H groups in total. The Bertz CT molecular complexity index is 505. The number of amides is 1. The molecule has 0 saturated heterocycles. The summed E-state index contributed by atoms with van der Waals surface area (Å²) in [6, 6.07) is 5.88. The van der Waals surface area contributed by atoms with Crippen LogP contribution in [0.1, 0.15) is 30.9 Å². The van der Waals surface area contributed by atoms with Crippen LogP contribution in [0, 0.1) is 19.8 Å². The van der Waals surface area contributed by atoms with Crippen molar-refractivity contribution < 1.29 is 9.53 Å². The van der Waals surface area contributed by atoms with E-state index in [0.717, 1.165) is 17.0 Å². The largest absolute Gasteiger partial charge is 0.483 e. The predicted molar refractivity (Wildman–Crippen MR) is 75.4 cm³/mol. The van der Waals surface area contributed by atoms with Crippen LogP contribution in [-0.2, 0) is 4.79 Å². The molecule has 0 spiro atoms. The van der Waals surface area contributed by atoms with Gasteiger partial charge in [-0.2, -0.15) is 5.10 Å². The van der Waals surface area contributed by atoms with E-state index in [2.05, 4.69) is 10.5 Å². The van der Waals surface area contributed by atoms with E-state index >= 15 is 0 Å². The lowest BCUT2D eigenvalue weighted by Crippen LogP contribution is -2.25. The molecule has 1 aliphatic carbocycles. The average molecular weight is 260 g/mol. The Labute approximate surface area is 113 Å². The molecule has 1 saturated carbocycles. The molecule has 1 amide bonds. The first-order valence-corrected chi connectivity index (χ1v) is 6.59. The van der Waals surface area contributed by atoms with Crippen molar-refractivity contribution in [2.45, 2.75) is 33.6 Å². The number of carbonyl (C=O) groups is 1. The second-order valence-corrected chi connectivity index (χ2v) is 5.12. The van der Waals surface area contributed by atoms with E-state index in [1.54, 1.807) is 0 Å². The lowest BCUT2D eigenvalue weighted by atomic mass is 10.1. The van der Waals surface area contributed by atoms with Crippen LogP contribution in [0.3, 0.4) is 0 Å². The van der Waals surface area contributed by atoms with Crippen LogP contribution in [0.5, 0.6) is 5.75 Å². The summed E-state index contributed by atoms with van der Waals surface area (Å²) in [5.74, 6) is 1.09. The van der Waals surface area contributed by atoms with Crippen molar-refractivity contribution >= 4 is 11.6 Å². The first kappa shape index (κ1) is 13.6. The first-order valence-electron chi connectivity index (χ1n) is 6.59. The average Bonchev–Trinajstić information content (AvgIpc) is 3.19. The quantitative estimate of drug-likeness (QED) is 0.653. The molecule has 0 unspecified atom stereocenters. The normalized spacial score (nSPS) is 15.2. The van der Waals surface area contributed by atoms with Gasteiger partial charge in [-0.1, -0.05) is 17.7 Å². The molecule has 0 aromatic heterocycles. The van der Waals surface area contributed by atoms with Crippen molar-refractivity contribution in [3.8, 4) is 5.75 Å². The molecule has 4 nitrogen and oxygen atoms in total. The molecule has 0 atom stereocenters. The highest BCUT2D eigenvalue weighted by Crippen LogP contribution is 2.30. The highest BCUT2D eigenvalue weighted by Gasteiger charge is 2.24. The van der Waals surface area contributed by atoms with Crippen molar-refractivity contribution in [2.24, 2.45) is 11.0 Å². The van der Waals surface area contributed by atoms with Crippen LogP contribution < -0.4 is 10.2 Å². The van der Waals surface area contributed by atoms with Gasteiger partial charge in [0.2, 0.25) is 0 Å². The Morgan fingerprint density at radius 3 is 2.79 bits per heavy atom. The van der Waals surface area contributed by atoms with E-state index in [1.165, 1.54) is 18.4 Å². The highest BCUT2D eigenvalue weighted by atomic mass is 16.5. The SMILES string of the molecule is C/C(=N\NC(=O)COc1ccc(C)cc1C)C1CC1. The maximum atomic E-state index is 11.6. The number of benzene rings is 1. The number of ether oxygens (including phenoxy) is 1. The fourth-order valence-electron chi connectivity index (χ4n) is 1.88. The molecule has 1 aromatic rings. The second-order valence-electron chi connectivity index (χ2n) is 5.12. The minimum Gasteiger partial charge on any atom is -0.483 e. The van der Waals surface area contributed by atoms with Gasteiger partial charge in [-0.15, -0.1) is 0 Å². The summed E-state index contributed by atoms with van der Waals surface area (Å²) in [7, 11) is 0. The van der Waals surface area contributed by atoms with E-state index in [4.69, 9.17) is 4.74 Å². The maximum absolute atomic E-state index is 11.6. The van der Waals surface area contributed by atoms with Gasteiger partial charge >= 0.3 is 0 Å². The third-order valence-corrected chi connectivity index (χ3v) is 3.21. The number of hydrogen-bond acceptors (Lipinski definition) is 3. The van der Waals surface area contributed by atoms with Crippen molar-refractivity contribution in [1.82, 2.24) is 5.43 Å². The smallest absolute Gasteiger partial charge is 0.277 e. The minimum absolute atomic E-state index is 0.00858. The first-order chi connectivity index (χ1) is 9.06. The van der Waals surface area contributed by atoms with Gasteiger partial charge in [-0.05, 0) is 51.2 Å². The van der Waals surface area contributed by atoms with Crippen LogP contribution >= 0.6 is 0 Å². The van der Waals surface area contributed by atoms with Crippen LogP contribution in [0.15, 0.2) is 23.3 Å². The molecule has 0 radical (unpaired) electrons. The minimum atomic E-state index is -0.222. The molecular formula is C15H20N2O2. The van der Waals surface area contributed by atoms with E-state index < -0.39 is 0 Å². The molecule has 0 bridgehead atoms.